The van der Waals surface area contributed by atoms with Crippen molar-refractivity contribution in [2.75, 3.05) is 0 Å². The van der Waals surface area contributed by atoms with Gasteiger partial charge in [-0.25, -0.2) is 0 Å². The van der Waals surface area contributed by atoms with E-state index >= 15 is 0 Å². The van der Waals surface area contributed by atoms with Crippen molar-refractivity contribution in [3.8, 4) is 0 Å². The maximum absolute atomic E-state index is 9.77. The Hall–Kier alpha value is -0.840. The van der Waals surface area contributed by atoms with Crippen LogP contribution in [0, 0.1) is 10.1 Å². The van der Waals surface area contributed by atoms with Crippen LogP contribution in [0.5, 0.6) is 0 Å². The van der Waals surface area contributed by atoms with Gasteiger partial charge in [0.2, 0.25) is 0 Å². The summed E-state index contributed by atoms with van der Waals surface area (Å²) in [5.74, 6) is 0. The summed E-state index contributed by atoms with van der Waals surface area (Å²) in [6.07, 6.45) is 0.765. The van der Waals surface area contributed by atoms with Crippen molar-refractivity contribution in [1.82, 2.24) is 0 Å². The van der Waals surface area contributed by atoms with E-state index in [9.17, 15) is 10.1 Å². The molecule has 1 N–H and O–H groups in total. The SMILES string of the molecule is O=[N+]([O-])O[C@@H]1CCC[C@H]1O. The second kappa shape index (κ2) is 2.83. The Morgan fingerprint density at radius 2 is 2.30 bits per heavy atom. The highest BCUT2D eigenvalue weighted by Crippen LogP contribution is 2.21. The molecule has 1 aliphatic carbocycles. The van der Waals surface area contributed by atoms with E-state index in [1.165, 1.54) is 0 Å². The van der Waals surface area contributed by atoms with E-state index in [0.717, 1.165) is 6.42 Å². The Morgan fingerprint density at radius 3 is 2.70 bits per heavy atom. The maximum atomic E-state index is 9.77. The molecule has 0 spiro atoms. The summed E-state index contributed by atoms with van der Waals surface area (Å²) in [5.41, 5.74) is 0. The molecule has 10 heavy (non-hydrogen) atoms. The molecular formula is C5H9NO4. The zero-order valence-electron chi connectivity index (χ0n) is 5.40. The van der Waals surface area contributed by atoms with Gasteiger partial charge >= 0.3 is 0 Å². The van der Waals surface area contributed by atoms with Crippen LogP contribution >= 0.6 is 0 Å². The molecule has 0 aromatic carbocycles. The zero-order valence-corrected chi connectivity index (χ0v) is 5.40. The van der Waals surface area contributed by atoms with Crippen LogP contribution in [0.1, 0.15) is 19.3 Å². The highest BCUT2D eigenvalue weighted by atomic mass is 17.0. The fourth-order valence-corrected chi connectivity index (χ4v) is 1.14. The molecule has 2 atom stereocenters. The summed E-state index contributed by atoms with van der Waals surface area (Å²) < 4.78 is 0. The molecule has 1 fully saturated rings. The third-order valence-electron chi connectivity index (χ3n) is 1.64. The molecule has 0 aromatic rings. The molecule has 0 saturated heterocycles. The monoisotopic (exact) mass is 147 g/mol. The van der Waals surface area contributed by atoms with Crippen molar-refractivity contribution in [3.05, 3.63) is 10.1 Å². The second-order valence-corrected chi connectivity index (χ2v) is 2.37. The minimum absolute atomic E-state index is 0.585. The topological polar surface area (TPSA) is 72.6 Å². The van der Waals surface area contributed by atoms with Crippen LogP contribution in [0.3, 0.4) is 0 Å². The van der Waals surface area contributed by atoms with Gasteiger partial charge in [-0.15, -0.1) is 10.1 Å². The third-order valence-corrected chi connectivity index (χ3v) is 1.64. The first-order valence-corrected chi connectivity index (χ1v) is 3.19. The zero-order chi connectivity index (χ0) is 7.56. The average Bonchev–Trinajstić information content (AvgIpc) is 2.15. The van der Waals surface area contributed by atoms with Crippen LogP contribution in [0.4, 0.5) is 0 Å². The van der Waals surface area contributed by atoms with E-state index in [-0.39, 0.29) is 0 Å². The van der Waals surface area contributed by atoms with Gasteiger partial charge in [-0.2, -0.15) is 0 Å². The van der Waals surface area contributed by atoms with E-state index in [2.05, 4.69) is 4.84 Å². The minimum Gasteiger partial charge on any atom is -0.391 e. The molecular weight excluding hydrogens is 138 g/mol. The lowest BCUT2D eigenvalue weighted by Gasteiger charge is -2.10. The van der Waals surface area contributed by atoms with Crippen LogP contribution in [0.15, 0.2) is 0 Å². The summed E-state index contributed by atoms with van der Waals surface area (Å²) >= 11 is 0. The lowest BCUT2D eigenvalue weighted by atomic mass is 10.3. The van der Waals surface area contributed by atoms with E-state index < -0.39 is 17.3 Å². The van der Waals surface area contributed by atoms with E-state index in [1.54, 1.807) is 0 Å². The van der Waals surface area contributed by atoms with Crippen LogP contribution in [-0.2, 0) is 4.84 Å². The van der Waals surface area contributed by atoms with Crippen molar-refractivity contribution < 1.29 is 15.0 Å². The summed E-state index contributed by atoms with van der Waals surface area (Å²) in [5, 5.41) is 17.9. The van der Waals surface area contributed by atoms with Crippen LogP contribution in [0.2, 0.25) is 0 Å². The van der Waals surface area contributed by atoms with Crippen molar-refractivity contribution in [2.24, 2.45) is 0 Å². The summed E-state index contributed by atoms with van der Waals surface area (Å²) in [6.45, 7) is 0. The highest BCUT2D eigenvalue weighted by molar-refractivity contribution is 4.75. The Morgan fingerprint density at radius 1 is 1.60 bits per heavy atom. The van der Waals surface area contributed by atoms with E-state index in [1.807, 2.05) is 0 Å². The van der Waals surface area contributed by atoms with E-state index in [4.69, 9.17) is 5.11 Å². The van der Waals surface area contributed by atoms with Crippen molar-refractivity contribution in [3.63, 3.8) is 0 Å². The van der Waals surface area contributed by atoms with E-state index in [0.29, 0.717) is 12.8 Å². The Balaban J connectivity index is 2.33. The lowest BCUT2D eigenvalue weighted by molar-refractivity contribution is -0.770. The summed E-state index contributed by atoms with van der Waals surface area (Å²) in [4.78, 5) is 14.0. The fraction of sp³-hybridized carbons (Fsp3) is 1.00. The van der Waals surface area contributed by atoms with Gasteiger partial charge in [0.25, 0.3) is 5.09 Å². The Kier molecular flexibility index (Phi) is 2.06. The van der Waals surface area contributed by atoms with Gasteiger partial charge < -0.3 is 9.94 Å². The quantitative estimate of drug-likeness (QED) is 0.444. The molecule has 58 valence electrons. The predicted octanol–water partition coefficient (Wildman–Crippen LogP) is 0.108. The largest absolute Gasteiger partial charge is 0.391 e. The number of aliphatic hydroxyl groups is 1. The summed E-state index contributed by atoms with van der Waals surface area (Å²) in [7, 11) is 0. The molecule has 0 bridgehead atoms. The number of hydrogen-bond donors (Lipinski definition) is 1. The Labute approximate surface area is 57.7 Å². The van der Waals surface area contributed by atoms with Gasteiger partial charge in [-0.05, 0) is 19.3 Å². The maximum Gasteiger partial charge on any atom is 0.294 e. The lowest BCUT2D eigenvalue weighted by Crippen LogP contribution is -2.25. The molecule has 0 radical (unpaired) electrons. The third kappa shape index (κ3) is 1.57. The predicted molar refractivity (Wildman–Crippen MR) is 31.7 cm³/mol. The van der Waals surface area contributed by atoms with Crippen LogP contribution in [-0.4, -0.2) is 22.4 Å². The smallest absolute Gasteiger partial charge is 0.294 e. The van der Waals surface area contributed by atoms with Gasteiger partial charge in [0.1, 0.15) is 6.10 Å². The fourth-order valence-electron chi connectivity index (χ4n) is 1.14. The number of aliphatic hydroxyl groups excluding tert-OH is 1. The van der Waals surface area contributed by atoms with Gasteiger partial charge in [-0.1, -0.05) is 0 Å². The first kappa shape index (κ1) is 7.27. The number of hydrogen-bond acceptors (Lipinski definition) is 4. The van der Waals surface area contributed by atoms with Crippen LogP contribution in [0.25, 0.3) is 0 Å². The Bertz CT molecular complexity index is 138. The molecule has 5 nitrogen and oxygen atoms in total. The molecule has 1 aliphatic rings. The summed E-state index contributed by atoms with van der Waals surface area (Å²) in [6, 6.07) is 0. The molecule has 0 unspecified atom stereocenters. The van der Waals surface area contributed by atoms with Gasteiger partial charge in [0.15, 0.2) is 0 Å². The number of nitrogens with zero attached hydrogens (tertiary/aromatic N) is 1. The van der Waals surface area contributed by atoms with Crippen molar-refractivity contribution >= 4 is 0 Å². The van der Waals surface area contributed by atoms with Gasteiger partial charge in [0, 0.05) is 0 Å². The normalized spacial score (nSPS) is 32.1. The minimum atomic E-state index is -0.848. The molecule has 0 aromatic heterocycles. The average molecular weight is 147 g/mol. The molecule has 0 aliphatic heterocycles. The van der Waals surface area contributed by atoms with Crippen molar-refractivity contribution in [2.45, 2.75) is 31.5 Å². The van der Waals surface area contributed by atoms with Crippen molar-refractivity contribution in [1.29, 1.82) is 0 Å². The van der Waals surface area contributed by atoms with Crippen LogP contribution < -0.4 is 0 Å². The highest BCUT2D eigenvalue weighted by Gasteiger charge is 2.28. The molecule has 1 rings (SSSR count). The molecule has 5 heteroatoms. The first-order valence-electron chi connectivity index (χ1n) is 3.19. The molecule has 0 heterocycles. The van der Waals surface area contributed by atoms with Gasteiger partial charge in [0.05, 0.1) is 6.10 Å². The van der Waals surface area contributed by atoms with Gasteiger partial charge in [-0.3, -0.25) is 0 Å². The molecule has 1 saturated carbocycles. The second-order valence-electron chi connectivity index (χ2n) is 2.37. The molecule has 0 amide bonds. The standard InChI is InChI=1S/C5H9NO4/c7-4-2-1-3-5(4)10-6(8)9/h4-5,7H,1-3H2/t4-,5-/m1/s1. The number of rotatable bonds is 2. The first-order chi connectivity index (χ1) is 4.70.